The molecule has 5 nitrogen and oxygen atoms in total. The zero-order valence-corrected chi connectivity index (χ0v) is 10.9. The normalized spacial score (nSPS) is 20.1. The Bertz CT molecular complexity index is 511. The lowest BCUT2D eigenvalue weighted by molar-refractivity contribution is -0.146. The van der Waals surface area contributed by atoms with Crippen LogP contribution in [0.5, 0.6) is 0 Å². The molecule has 18 heavy (non-hydrogen) atoms. The number of amides is 3. The monoisotopic (exact) mass is 311 g/mol. The first-order valence-electron chi connectivity index (χ1n) is 5.36. The molecular weight excluding hydrogens is 302 g/mol. The van der Waals surface area contributed by atoms with E-state index in [-0.39, 0.29) is 6.42 Å². The topological polar surface area (TPSA) is 74.7 Å². The maximum Gasteiger partial charge on any atom is 0.421 e. The summed E-state index contributed by atoms with van der Waals surface area (Å²) in [5, 5.41) is 8.86. The molecule has 1 heterocycles. The van der Waals surface area contributed by atoms with Gasteiger partial charge in [-0.2, -0.15) is 4.90 Å². The van der Waals surface area contributed by atoms with Gasteiger partial charge in [0, 0.05) is 10.9 Å². The molecule has 0 aromatic heterocycles. The second-order valence-corrected chi connectivity index (χ2v) is 4.91. The molecule has 6 heteroatoms. The van der Waals surface area contributed by atoms with Crippen LogP contribution in [0.2, 0.25) is 0 Å². The molecule has 0 spiro atoms. The Hall–Kier alpha value is -1.69. The number of imide groups is 3. The fourth-order valence-electron chi connectivity index (χ4n) is 1.99. The predicted octanol–water partition coefficient (Wildman–Crippen LogP) is 2.36. The minimum absolute atomic E-state index is 0.0682. The first-order valence-corrected chi connectivity index (χ1v) is 6.15. The first-order chi connectivity index (χ1) is 8.50. The number of likely N-dealkylation sites (tertiary alicyclic amines) is 1. The fourth-order valence-corrected chi connectivity index (χ4v) is 2.25. The first kappa shape index (κ1) is 12.8. The number of carbonyl (C=O) groups is 3. The summed E-state index contributed by atoms with van der Waals surface area (Å²) in [5.74, 6) is -1.88. The lowest BCUT2D eigenvalue weighted by Crippen LogP contribution is -2.47. The van der Waals surface area contributed by atoms with Crippen LogP contribution in [0.3, 0.4) is 0 Å². The molecule has 1 atom stereocenters. The second kappa shape index (κ2) is 4.89. The summed E-state index contributed by atoms with van der Waals surface area (Å²) >= 11 is 3.29. The summed E-state index contributed by atoms with van der Waals surface area (Å²) < 4.78 is 0.876. The van der Waals surface area contributed by atoms with Crippen LogP contribution in [-0.2, 0) is 9.59 Å². The van der Waals surface area contributed by atoms with Crippen LogP contribution >= 0.6 is 15.9 Å². The summed E-state index contributed by atoms with van der Waals surface area (Å²) in [5.41, 5.74) is 0.724. The SMILES string of the molecule is O=C(O)N1C(=O)CCC(c2ccc(Br)cc2)C1=O. The standard InChI is InChI=1S/C12H10BrNO4/c13-8-3-1-7(2-4-8)9-5-6-10(15)14(11(9)16)12(17)18/h1-4,9H,5-6H2,(H,17,18). The van der Waals surface area contributed by atoms with Gasteiger partial charge in [0.05, 0.1) is 5.92 Å². The third-order valence-electron chi connectivity index (χ3n) is 2.88. The van der Waals surface area contributed by atoms with Crippen LogP contribution in [0.4, 0.5) is 4.79 Å². The molecule has 1 aromatic carbocycles. The van der Waals surface area contributed by atoms with Gasteiger partial charge in [-0.1, -0.05) is 28.1 Å². The van der Waals surface area contributed by atoms with Crippen LogP contribution in [0.1, 0.15) is 24.3 Å². The van der Waals surface area contributed by atoms with Crippen molar-refractivity contribution in [3.63, 3.8) is 0 Å². The molecule has 1 aliphatic rings. The maximum absolute atomic E-state index is 12.0. The van der Waals surface area contributed by atoms with E-state index >= 15 is 0 Å². The molecule has 1 aromatic rings. The number of nitrogens with zero attached hydrogens (tertiary/aromatic N) is 1. The van der Waals surface area contributed by atoms with E-state index in [1.54, 1.807) is 24.3 Å². The number of benzene rings is 1. The highest BCUT2D eigenvalue weighted by atomic mass is 79.9. The zero-order chi connectivity index (χ0) is 13.3. The van der Waals surface area contributed by atoms with E-state index < -0.39 is 23.8 Å². The molecule has 2 rings (SSSR count). The lowest BCUT2D eigenvalue weighted by atomic mass is 9.90. The molecule has 94 valence electrons. The molecule has 3 amide bonds. The molecule has 1 fully saturated rings. The van der Waals surface area contributed by atoms with Gasteiger partial charge in [-0.15, -0.1) is 0 Å². The average molecular weight is 312 g/mol. The number of hydrogen-bond acceptors (Lipinski definition) is 3. The van der Waals surface area contributed by atoms with Crippen molar-refractivity contribution in [2.24, 2.45) is 0 Å². The van der Waals surface area contributed by atoms with Gasteiger partial charge in [0.25, 0.3) is 0 Å². The quantitative estimate of drug-likeness (QED) is 0.808. The van der Waals surface area contributed by atoms with Gasteiger partial charge in [0.2, 0.25) is 11.8 Å². The number of halogens is 1. The molecule has 1 N–H and O–H groups in total. The van der Waals surface area contributed by atoms with E-state index in [0.717, 1.165) is 10.0 Å². The molecule has 1 saturated heterocycles. The van der Waals surface area contributed by atoms with Gasteiger partial charge in [-0.25, -0.2) is 4.79 Å². The van der Waals surface area contributed by atoms with E-state index in [0.29, 0.717) is 11.3 Å². The van der Waals surface area contributed by atoms with Crippen molar-refractivity contribution < 1.29 is 19.5 Å². The Morgan fingerprint density at radius 1 is 1.28 bits per heavy atom. The van der Waals surface area contributed by atoms with Crippen molar-refractivity contribution >= 4 is 33.8 Å². The summed E-state index contributed by atoms with van der Waals surface area (Å²) in [6.07, 6.45) is -1.09. The minimum Gasteiger partial charge on any atom is -0.464 e. The summed E-state index contributed by atoms with van der Waals surface area (Å²) in [7, 11) is 0. The van der Waals surface area contributed by atoms with Crippen molar-refractivity contribution in [1.82, 2.24) is 4.90 Å². The summed E-state index contributed by atoms with van der Waals surface area (Å²) in [4.78, 5) is 34.6. The highest BCUT2D eigenvalue weighted by molar-refractivity contribution is 9.10. The molecular formula is C12H10BrNO4. The third-order valence-corrected chi connectivity index (χ3v) is 3.41. The van der Waals surface area contributed by atoms with E-state index in [2.05, 4.69) is 15.9 Å². The number of piperidine rings is 1. The maximum atomic E-state index is 12.0. The van der Waals surface area contributed by atoms with Crippen molar-refractivity contribution in [1.29, 1.82) is 0 Å². The number of hydrogen-bond donors (Lipinski definition) is 1. The summed E-state index contributed by atoms with van der Waals surface area (Å²) in [6, 6.07) is 7.07. The Labute approximate surface area is 112 Å². The van der Waals surface area contributed by atoms with E-state index in [4.69, 9.17) is 5.11 Å². The molecule has 1 aliphatic heterocycles. The fraction of sp³-hybridized carbons (Fsp3) is 0.250. The van der Waals surface area contributed by atoms with Crippen molar-refractivity contribution in [3.8, 4) is 0 Å². The summed E-state index contributed by atoms with van der Waals surface area (Å²) in [6.45, 7) is 0. The van der Waals surface area contributed by atoms with Crippen LogP contribution in [-0.4, -0.2) is 27.9 Å². The smallest absolute Gasteiger partial charge is 0.421 e. The predicted molar refractivity (Wildman–Crippen MR) is 66.0 cm³/mol. The Balaban J connectivity index is 2.30. The van der Waals surface area contributed by atoms with Crippen LogP contribution in [0, 0.1) is 0 Å². The van der Waals surface area contributed by atoms with Gasteiger partial charge in [-0.3, -0.25) is 9.59 Å². The van der Waals surface area contributed by atoms with E-state index in [1.807, 2.05) is 0 Å². The number of rotatable bonds is 1. The van der Waals surface area contributed by atoms with E-state index in [9.17, 15) is 14.4 Å². The molecule has 0 radical (unpaired) electrons. The molecule has 0 saturated carbocycles. The number of carbonyl (C=O) groups excluding carboxylic acids is 2. The van der Waals surface area contributed by atoms with Crippen LogP contribution < -0.4 is 0 Å². The minimum atomic E-state index is -1.51. The van der Waals surface area contributed by atoms with Crippen molar-refractivity contribution in [2.75, 3.05) is 0 Å². The molecule has 1 unspecified atom stereocenters. The van der Waals surface area contributed by atoms with Crippen molar-refractivity contribution in [3.05, 3.63) is 34.3 Å². The number of carboxylic acid groups (broad SMARTS) is 1. The highest BCUT2D eigenvalue weighted by Gasteiger charge is 2.39. The van der Waals surface area contributed by atoms with Gasteiger partial charge >= 0.3 is 6.09 Å². The second-order valence-electron chi connectivity index (χ2n) is 3.99. The largest absolute Gasteiger partial charge is 0.464 e. The van der Waals surface area contributed by atoms with Gasteiger partial charge in [0.1, 0.15) is 0 Å². The van der Waals surface area contributed by atoms with Crippen LogP contribution in [0.25, 0.3) is 0 Å². The Morgan fingerprint density at radius 2 is 1.89 bits per heavy atom. The Kier molecular flexibility index (Phi) is 3.47. The molecule has 0 aliphatic carbocycles. The zero-order valence-electron chi connectivity index (χ0n) is 9.30. The lowest BCUT2D eigenvalue weighted by Gasteiger charge is -2.27. The highest BCUT2D eigenvalue weighted by Crippen LogP contribution is 2.29. The third kappa shape index (κ3) is 2.28. The van der Waals surface area contributed by atoms with Gasteiger partial charge in [0.15, 0.2) is 0 Å². The Morgan fingerprint density at radius 3 is 2.44 bits per heavy atom. The van der Waals surface area contributed by atoms with Gasteiger partial charge < -0.3 is 5.11 Å². The van der Waals surface area contributed by atoms with E-state index in [1.165, 1.54) is 0 Å². The van der Waals surface area contributed by atoms with Crippen LogP contribution in [0.15, 0.2) is 28.7 Å². The van der Waals surface area contributed by atoms with Gasteiger partial charge in [-0.05, 0) is 24.1 Å². The average Bonchev–Trinajstić information content (AvgIpc) is 2.30. The van der Waals surface area contributed by atoms with Crippen molar-refractivity contribution in [2.45, 2.75) is 18.8 Å². The molecule has 0 bridgehead atoms.